The number of para-hydroxylation sites is 2. The van der Waals surface area contributed by atoms with Crippen LogP contribution in [-0.4, -0.2) is 40.7 Å². The van der Waals surface area contributed by atoms with Crippen LogP contribution in [0.3, 0.4) is 0 Å². The monoisotopic (exact) mass is 488 g/mol. The molecule has 1 N–H and O–H groups in total. The van der Waals surface area contributed by atoms with Gasteiger partial charge in [0.1, 0.15) is 17.6 Å². The molecule has 0 aliphatic carbocycles. The third-order valence-corrected chi connectivity index (χ3v) is 8.09. The smallest absolute Gasteiger partial charge is 0.331 e. The molecule has 0 amide bonds. The molecule has 190 valence electrons. The fourth-order valence-corrected chi connectivity index (χ4v) is 6.42. The van der Waals surface area contributed by atoms with Crippen LogP contribution in [0.5, 0.6) is 5.75 Å². The van der Waals surface area contributed by atoms with Gasteiger partial charge in [0, 0.05) is 42.6 Å². The minimum Gasteiger partial charge on any atom is -0.484 e. The molecule has 2 aliphatic heterocycles. The second-order valence-corrected chi connectivity index (χ2v) is 10.4. The summed E-state index contributed by atoms with van der Waals surface area (Å²) in [7, 11) is 1.40. The van der Waals surface area contributed by atoms with Crippen molar-refractivity contribution in [3.8, 4) is 5.75 Å². The van der Waals surface area contributed by atoms with Crippen LogP contribution in [0.2, 0.25) is 0 Å². The number of hydrogen-bond acceptors (Lipinski definition) is 5. The highest BCUT2D eigenvalue weighted by atomic mass is 16.5. The molecule has 3 atom stereocenters. The topological polar surface area (TPSA) is 63.9 Å². The molecule has 0 saturated carbocycles. The summed E-state index contributed by atoms with van der Waals surface area (Å²) in [5.74, 6) is 0.505. The van der Waals surface area contributed by atoms with Crippen LogP contribution in [-0.2, 0) is 21.7 Å². The summed E-state index contributed by atoms with van der Waals surface area (Å²) < 4.78 is 13.8. The summed E-state index contributed by atoms with van der Waals surface area (Å²) in [6, 6.07) is 18.4. The van der Waals surface area contributed by atoms with E-state index in [0.717, 1.165) is 61.1 Å². The minimum absolute atomic E-state index is 0.176. The number of aliphatic hydroxyl groups is 1. The number of methoxy groups -OCH3 is 1. The van der Waals surface area contributed by atoms with Crippen LogP contribution in [0.4, 0.5) is 0 Å². The van der Waals surface area contributed by atoms with Gasteiger partial charge in [-0.25, -0.2) is 4.79 Å². The molecule has 6 nitrogen and oxygen atoms in total. The molecule has 36 heavy (non-hydrogen) atoms. The van der Waals surface area contributed by atoms with Crippen molar-refractivity contribution >= 4 is 16.9 Å². The zero-order valence-electron chi connectivity index (χ0n) is 21.4. The maximum absolute atomic E-state index is 12.0. The molecule has 0 saturated heterocycles. The fourth-order valence-electron chi connectivity index (χ4n) is 6.42. The number of carbonyl (C=O) groups is 1. The number of benzene rings is 2. The predicted octanol–water partition coefficient (Wildman–Crippen LogP) is 5.55. The quantitative estimate of drug-likeness (QED) is 0.377. The molecule has 2 bridgehead atoms. The van der Waals surface area contributed by atoms with Gasteiger partial charge in [0.25, 0.3) is 0 Å². The van der Waals surface area contributed by atoms with Crippen LogP contribution < -0.4 is 4.74 Å². The number of rotatable bonds is 5. The average Bonchev–Trinajstić information content (AvgIpc) is 3.23. The van der Waals surface area contributed by atoms with Gasteiger partial charge < -0.3 is 24.0 Å². The summed E-state index contributed by atoms with van der Waals surface area (Å²) in [5.41, 5.74) is 2.06. The van der Waals surface area contributed by atoms with Gasteiger partial charge in [-0.2, -0.15) is 0 Å². The van der Waals surface area contributed by atoms with Gasteiger partial charge in [-0.15, -0.1) is 0 Å². The summed E-state index contributed by atoms with van der Waals surface area (Å²) in [6.07, 6.45) is 7.29. The Bertz CT molecular complexity index is 1260. The third kappa shape index (κ3) is 4.28. The van der Waals surface area contributed by atoms with Gasteiger partial charge in [0.2, 0.25) is 0 Å². The number of ether oxygens (including phenoxy) is 2. The van der Waals surface area contributed by atoms with E-state index in [2.05, 4.69) is 34.6 Å². The molecule has 3 aromatic rings. The number of nitrogens with zero attached hydrogens (tertiary/aromatic N) is 2. The Morgan fingerprint density at radius 2 is 1.89 bits per heavy atom. The molecule has 0 spiro atoms. The van der Waals surface area contributed by atoms with Gasteiger partial charge in [0.05, 0.1) is 18.3 Å². The van der Waals surface area contributed by atoms with E-state index in [-0.39, 0.29) is 17.5 Å². The molecule has 1 aromatic heterocycles. The zero-order valence-corrected chi connectivity index (χ0v) is 21.4. The zero-order chi connectivity index (χ0) is 25.3. The third-order valence-electron chi connectivity index (χ3n) is 8.09. The summed E-state index contributed by atoms with van der Waals surface area (Å²) >= 11 is 0. The maximum atomic E-state index is 12.0. The van der Waals surface area contributed by atoms with E-state index >= 15 is 0 Å². The van der Waals surface area contributed by atoms with Gasteiger partial charge in [-0.3, -0.25) is 0 Å². The lowest BCUT2D eigenvalue weighted by atomic mass is 9.66. The van der Waals surface area contributed by atoms with Gasteiger partial charge in [-0.05, 0) is 56.4 Å². The second-order valence-electron chi connectivity index (χ2n) is 10.4. The number of esters is 1. The average molecular weight is 489 g/mol. The van der Waals surface area contributed by atoms with E-state index in [4.69, 9.17) is 9.47 Å². The van der Waals surface area contributed by atoms with Crippen LogP contribution >= 0.6 is 0 Å². The van der Waals surface area contributed by atoms with Crippen molar-refractivity contribution in [3.63, 3.8) is 0 Å². The molecular weight excluding hydrogens is 452 g/mol. The highest BCUT2D eigenvalue weighted by Gasteiger charge is 2.53. The van der Waals surface area contributed by atoms with E-state index in [1.165, 1.54) is 18.7 Å². The van der Waals surface area contributed by atoms with Crippen molar-refractivity contribution in [2.24, 2.45) is 5.41 Å². The molecule has 0 radical (unpaired) electrons. The predicted molar refractivity (Wildman–Crippen MR) is 141 cm³/mol. The maximum Gasteiger partial charge on any atom is 0.331 e. The van der Waals surface area contributed by atoms with E-state index in [0.29, 0.717) is 6.42 Å². The Hall–Kier alpha value is -3.25. The molecule has 3 heterocycles. The molecule has 0 fully saturated rings. The number of aromatic nitrogens is 1. The molecule has 2 aromatic carbocycles. The highest BCUT2D eigenvalue weighted by Crippen LogP contribution is 2.57. The first-order valence-electron chi connectivity index (χ1n) is 13.0. The molecular formula is C30H36N2O4. The van der Waals surface area contributed by atoms with Crippen molar-refractivity contribution in [2.75, 3.05) is 20.2 Å². The van der Waals surface area contributed by atoms with Crippen molar-refractivity contribution in [2.45, 2.75) is 57.8 Å². The molecule has 2 aliphatic rings. The Morgan fingerprint density at radius 1 is 1.14 bits per heavy atom. The van der Waals surface area contributed by atoms with Gasteiger partial charge in [-0.1, -0.05) is 43.3 Å². The number of carbonyl (C=O) groups excluding carboxylic acids is 1. The Labute approximate surface area is 213 Å². The minimum atomic E-state index is -1.02. The molecule has 5 rings (SSSR count). The first-order chi connectivity index (χ1) is 17.4. The van der Waals surface area contributed by atoms with Crippen LogP contribution in [0, 0.1) is 5.41 Å². The van der Waals surface area contributed by atoms with E-state index < -0.39 is 5.72 Å². The van der Waals surface area contributed by atoms with Gasteiger partial charge in [0.15, 0.2) is 0 Å². The fraction of sp³-hybridized carbons (Fsp3) is 0.433. The highest BCUT2D eigenvalue weighted by molar-refractivity contribution is 5.86. The van der Waals surface area contributed by atoms with Crippen LogP contribution in [0.15, 0.2) is 66.9 Å². The first kappa shape index (κ1) is 24.4. The lowest BCUT2D eigenvalue weighted by Crippen LogP contribution is -2.49. The summed E-state index contributed by atoms with van der Waals surface area (Å²) in [4.78, 5) is 14.0. The summed E-state index contributed by atoms with van der Waals surface area (Å²) in [5, 5.41) is 13.1. The first-order valence-corrected chi connectivity index (χ1v) is 13.0. The lowest BCUT2D eigenvalue weighted by Gasteiger charge is -2.51. The van der Waals surface area contributed by atoms with Crippen molar-refractivity contribution < 1.29 is 19.4 Å². The molecule has 3 unspecified atom stereocenters. The Kier molecular flexibility index (Phi) is 6.56. The largest absolute Gasteiger partial charge is 0.484 e. The van der Waals surface area contributed by atoms with E-state index in [1.807, 2.05) is 49.5 Å². The van der Waals surface area contributed by atoms with E-state index in [1.54, 1.807) is 0 Å². The van der Waals surface area contributed by atoms with Crippen LogP contribution in [0.25, 0.3) is 10.9 Å². The standard InChI is InChI=1S/C30H36N2O4/c1-4-30-17-10-18-31(20-16-26(33)35-3)19-15-24-23-13-8-9-14-25(23)32(29(2,34)21-30)27(24)28(30)36-22-11-6-5-7-12-22/h5-9,11-14,16,20,28,34H,4,10,15,17-19,21H2,1-3H3/b20-16+. The normalized spacial score (nSPS) is 26.2. The van der Waals surface area contributed by atoms with Crippen molar-refractivity contribution in [1.29, 1.82) is 0 Å². The van der Waals surface area contributed by atoms with E-state index in [9.17, 15) is 9.90 Å². The Balaban J connectivity index is 1.70. The molecule has 6 heteroatoms. The van der Waals surface area contributed by atoms with Crippen LogP contribution in [0.1, 0.15) is 56.9 Å². The second kappa shape index (κ2) is 9.66. The number of hydrogen-bond donors (Lipinski definition) is 1. The Morgan fingerprint density at radius 3 is 2.64 bits per heavy atom. The van der Waals surface area contributed by atoms with Crippen molar-refractivity contribution in [3.05, 3.63) is 78.1 Å². The SMILES string of the molecule is CCC12CCCN(/C=C/C(=O)OC)CCc3c(n(c4ccccc34)C(C)(O)C1)C2Oc1ccccc1. The summed E-state index contributed by atoms with van der Waals surface area (Å²) in [6.45, 7) is 5.75. The lowest BCUT2D eigenvalue weighted by molar-refractivity contribution is -0.135. The van der Waals surface area contributed by atoms with Crippen molar-refractivity contribution in [1.82, 2.24) is 9.47 Å². The number of fused-ring (bicyclic) bond motifs is 4. The van der Waals surface area contributed by atoms with Gasteiger partial charge >= 0.3 is 5.97 Å².